The van der Waals surface area contributed by atoms with Gasteiger partial charge in [-0.1, -0.05) is 26.0 Å². The number of para-hydroxylation sites is 2. The third kappa shape index (κ3) is 2.86. The van der Waals surface area contributed by atoms with E-state index in [0.29, 0.717) is 5.95 Å². The van der Waals surface area contributed by atoms with E-state index in [-0.39, 0.29) is 17.9 Å². The maximum absolute atomic E-state index is 12.6. The molecular weight excluding hydrogens is 264 g/mol. The van der Waals surface area contributed by atoms with Crippen LogP contribution in [0.25, 0.3) is 11.0 Å². The highest BCUT2D eigenvalue weighted by Crippen LogP contribution is 2.18. The van der Waals surface area contributed by atoms with Crippen LogP contribution < -0.4 is 5.32 Å². The maximum atomic E-state index is 12.6. The first-order valence-electron chi connectivity index (χ1n) is 7.65. The van der Waals surface area contributed by atoms with Crippen LogP contribution in [0.4, 0.5) is 5.95 Å². The summed E-state index contributed by atoms with van der Waals surface area (Å²) >= 11 is 0. The minimum Gasteiger partial charge on any atom is -0.344 e. The Balaban J connectivity index is 1.79. The largest absolute Gasteiger partial charge is 0.344 e. The van der Waals surface area contributed by atoms with Gasteiger partial charge in [0.25, 0.3) is 0 Å². The number of rotatable bonds is 4. The summed E-state index contributed by atoms with van der Waals surface area (Å²) in [4.78, 5) is 22.3. The number of hydrogen-bond acceptors (Lipinski definition) is 3. The Labute approximate surface area is 124 Å². The number of fused-ring (bicyclic) bond motifs is 1. The van der Waals surface area contributed by atoms with Crippen molar-refractivity contribution in [2.24, 2.45) is 5.92 Å². The van der Waals surface area contributed by atoms with Crippen molar-refractivity contribution in [1.29, 1.82) is 0 Å². The number of nitrogens with zero attached hydrogens (tertiary/aromatic N) is 2. The van der Waals surface area contributed by atoms with Crippen LogP contribution in [0.15, 0.2) is 24.3 Å². The Kier molecular flexibility index (Phi) is 3.82. The predicted octanol–water partition coefficient (Wildman–Crippen LogP) is 2.62. The number of amides is 1. The van der Waals surface area contributed by atoms with E-state index in [9.17, 15) is 4.79 Å². The number of carbonyl (C=O) groups excluding carboxylic acids is 1. The molecule has 1 saturated heterocycles. The first-order chi connectivity index (χ1) is 10.1. The Morgan fingerprint density at radius 1 is 1.29 bits per heavy atom. The monoisotopic (exact) mass is 286 g/mol. The third-order valence-electron chi connectivity index (χ3n) is 4.03. The second-order valence-corrected chi connectivity index (χ2v) is 6.00. The average Bonchev–Trinajstić information content (AvgIpc) is 3.12. The van der Waals surface area contributed by atoms with Crippen molar-refractivity contribution in [3.8, 4) is 0 Å². The van der Waals surface area contributed by atoms with Gasteiger partial charge in [0.2, 0.25) is 11.9 Å². The minimum atomic E-state index is -0.233. The van der Waals surface area contributed by atoms with Gasteiger partial charge < -0.3 is 15.2 Å². The number of imidazole rings is 1. The van der Waals surface area contributed by atoms with Gasteiger partial charge in [0, 0.05) is 13.1 Å². The summed E-state index contributed by atoms with van der Waals surface area (Å²) in [7, 11) is 0. The van der Waals surface area contributed by atoms with Crippen LogP contribution in [0.1, 0.15) is 26.7 Å². The molecular formula is C16H22N4O. The predicted molar refractivity (Wildman–Crippen MR) is 84.2 cm³/mol. The molecule has 3 rings (SSSR count). The highest BCUT2D eigenvalue weighted by atomic mass is 16.2. The number of benzene rings is 1. The van der Waals surface area contributed by atoms with Crippen LogP contribution >= 0.6 is 0 Å². The molecule has 5 heteroatoms. The fourth-order valence-corrected chi connectivity index (χ4v) is 2.82. The number of anilines is 1. The molecule has 2 N–H and O–H groups in total. The van der Waals surface area contributed by atoms with E-state index in [1.165, 1.54) is 0 Å². The molecule has 1 aliphatic heterocycles. The molecule has 0 spiro atoms. The number of nitrogens with one attached hydrogen (secondary N) is 2. The third-order valence-corrected chi connectivity index (χ3v) is 4.03. The molecule has 112 valence electrons. The molecule has 5 nitrogen and oxygen atoms in total. The van der Waals surface area contributed by atoms with Gasteiger partial charge in [-0.3, -0.25) is 4.79 Å². The first kappa shape index (κ1) is 13.9. The number of aromatic nitrogens is 2. The van der Waals surface area contributed by atoms with Crippen molar-refractivity contribution >= 4 is 22.9 Å². The molecule has 1 atom stereocenters. The van der Waals surface area contributed by atoms with Crippen LogP contribution in [0.5, 0.6) is 0 Å². The molecule has 0 saturated carbocycles. The summed E-state index contributed by atoms with van der Waals surface area (Å²) in [6.07, 6.45) is 2.22. The van der Waals surface area contributed by atoms with Crippen molar-refractivity contribution in [1.82, 2.24) is 14.9 Å². The van der Waals surface area contributed by atoms with Crippen LogP contribution in [0.3, 0.4) is 0 Å². The van der Waals surface area contributed by atoms with Gasteiger partial charge in [-0.05, 0) is 30.9 Å². The molecule has 1 amide bonds. The molecule has 0 unspecified atom stereocenters. The van der Waals surface area contributed by atoms with Crippen LogP contribution in [0, 0.1) is 5.92 Å². The molecule has 1 fully saturated rings. The lowest BCUT2D eigenvalue weighted by molar-refractivity contribution is -0.131. The summed E-state index contributed by atoms with van der Waals surface area (Å²) in [5.41, 5.74) is 1.90. The summed E-state index contributed by atoms with van der Waals surface area (Å²) in [6.45, 7) is 5.89. The van der Waals surface area contributed by atoms with Crippen LogP contribution in [-0.4, -0.2) is 39.9 Å². The van der Waals surface area contributed by atoms with Crippen molar-refractivity contribution < 1.29 is 4.79 Å². The lowest BCUT2D eigenvalue weighted by Gasteiger charge is -2.26. The van der Waals surface area contributed by atoms with Crippen molar-refractivity contribution in [2.75, 3.05) is 18.4 Å². The van der Waals surface area contributed by atoms with Crippen LogP contribution in [0.2, 0.25) is 0 Å². The average molecular weight is 286 g/mol. The highest BCUT2D eigenvalue weighted by Gasteiger charge is 2.29. The van der Waals surface area contributed by atoms with Crippen molar-refractivity contribution in [3.63, 3.8) is 0 Å². The summed E-state index contributed by atoms with van der Waals surface area (Å²) in [5.74, 6) is 1.07. The van der Waals surface area contributed by atoms with Gasteiger partial charge in [-0.2, -0.15) is 0 Å². The molecule has 0 aliphatic carbocycles. The zero-order valence-electron chi connectivity index (χ0n) is 12.6. The van der Waals surface area contributed by atoms with Gasteiger partial charge >= 0.3 is 0 Å². The Hall–Kier alpha value is -2.04. The molecule has 1 aromatic carbocycles. The highest BCUT2D eigenvalue weighted by molar-refractivity contribution is 5.85. The molecule has 2 heterocycles. The van der Waals surface area contributed by atoms with Gasteiger partial charge in [-0.25, -0.2) is 4.98 Å². The van der Waals surface area contributed by atoms with Gasteiger partial charge in [0.15, 0.2) is 0 Å². The first-order valence-corrected chi connectivity index (χ1v) is 7.65. The van der Waals surface area contributed by atoms with Crippen LogP contribution in [-0.2, 0) is 4.79 Å². The zero-order valence-corrected chi connectivity index (χ0v) is 12.6. The van der Waals surface area contributed by atoms with Gasteiger partial charge in [-0.15, -0.1) is 0 Å². The SMILES string of the molecule is CC(C)[C@@H](Nc1nc2ccccc2[nH]1)C(=O)N1CCCC1. The summed E-state index contributed by atoms with van der Waals surface area (Å²) < 4.78 is 0. The number of aromatic amines is 1. The normalized spacial score (nSPS) is 16.6. The van der Waals surface area contributed by atoms with Crippen molar-refractivity contribution in [2.45, 2.75) is 32.7 Å². The van der Waals surface area contributed by atoms with Crippen molar-refractivity contribution in [3.05, 3.63) is 24.3 Å². The fraction of sp³-hybridized carbons (Fsp3) is 0.500. The number of hydrogen-bond donors (Lipinski definition) is 2. The Bertz CT molecular complexity index is 595. The molecule has 1 aromatic heterocycles. The van der Waals surface area contributed by atoms with E-state index < -0.39 is 0 Å². The molecule has 2 aromatic rings. The summed E-state index contributed by atoms with van der Waals surface area (Å²) in [5, 5.41) is 3.29. The topological polar surface area (TPSA) is 61.0 Å². The van der Waals surface area contributed by atoms with Gasteiger partial charge in [0.05, 0.1) is 11.0 Å². The molecule has 0 radical (unpaired) electrons. The van der Waals surface area contributed by atoms with E-state index in [1.807, 2.05) is 29.2 Å². The van der Waals surface area contributed by atoms with Gasteiger partial charge in [0.1, 0.15) is 6.04 Å². The van der Waals surface area contributed by atoms with E-state index >= 15 is 0 Å². The molecule has 21 heavy (non-hydrogen) atoms. The number of H-pyrrole nitrogens is 1. The van der Waals surface area contributed by atoms with E-state index in [0.717, 1.165) is 37.0 Å². The minimum absolute atomic E-state index is 0.183. The Morgan fingerprint density at radius 3 is 2.67 bits per heavy atom. The standard InChI is InChI=1S/C16H22N4O/c1-11(2)14(15(21)20-9-5-6-10-20)19-16-17-12-7-3-4-8-13(12)18-16/h3-4,7-8,11,14H,5-6,9-10H2,1-2H3,(H2,17,18,19)/t14-/m1/s1. The smallest absolute Gasteiger partial charge is 0.245 e. The second-order valence-electron chi connectivity index (χ2n) is 6.00. The van der Waals surface area contributed by atoms with E-state index in [1.54, 1.807) is 0 Å². The molecule has 1 aliphatic rings. The Morgan fingerprint density at radius 2 is 2.00 bits per heavy atom. The lowest BCUT2D eigenvalue weighted by atomic mass is 10.0. The van der Waals surface area contributed by atoms with E-state index in [2.05, 4.69) is 29.1 Å². The lowest BCUT2D eigenvalue weighted by Crippen LogP contribution is -2.44. The molecule has 0 bridgehead atoms. The number of carbonyl (C=O) groups is 1. The maximum Gasteiger partial charge on any atom is 0.245 e. The van der Waals surface area contributed by atoms with E-state index in [4.69, 9.17) is 0 Å². The fourth-order valence-electron chi connectivity index (χ4n) is 2.82. The quantitative estimate of drug-likeness (QED) is 0.908. The zero-order chi connectivity index (χ0) is 14.8. The number of likely N-dealkylation sites (tertiary alicyclic amines) is 1. The summed E-state index contributed by atoms with van der Waals surface area (Å²) in [6, 6.07) is 7.65. The second kappa shape index (κ2) is 5.76.